The fourth-order valence-corrected chi connectivity index (χ4v) is 8.47. The van der Waals surface area contributed by atoms with Crippen LogP contribution in [-0.4, -0.2) is 0 Å². The van der Waals surface area contributed by atoms with Gasteiger partial charge in [-0.15, -0.1) is 0 Å². The van der Waals surface area contributed by atoms with Gasteiger partial charge in [0, 0.05) is 28.0 Å². The van der Waals surface area contributed by atoms with Crippen LogP contribution in [0, 0.1) is 0 Å². The number of nitrogens with zero attached hydrogens (tertiary/aromatic N) is 1. The zero-order chi connectivity index (χ0) is 38.4. The number of hydrogen-bond donors (Lipinski definition) is 0. The average molecular weight is 740 g/mol. The lowest BCUT2D eigenvalue weighted by Crippen LogP contribution is -2.09. The summed E-state index contributed by atoms with van der Waals surface area (Å²) in [7, 11) is 0. The molecule has 272 valence electrons. The van der Waals surface area contributed by atoms with Gasteiger partial charge in [0.15, 0.2) is 0 Å². The zero-order valence-corrected chi connectivity index (χ0v) is 31.7. The summed E-state index contributed by atoms with van der Waals surface area (Å²) in [5, 5.41) is 8.57. The summed E-state index contributed by atoms with van der Waals surface area (Å²) in [6, 6.07) is 80.7. The zero-order valence-electron chi connectivity index (χ0n) is 31.7. The maximum atomic E-state index is 6.46. The van der Waals surface area contributed by atoms with Crippen LogP contribution in [-0.2, 0) is 0 Å². The highest BCUT2D eigenvalue weighted by Gasteiger charge is 2.17. The Morgan fingerprint density at radius 3 is 1.59 bits per heavy atom. The minimum atomic E-state index is 0.862. The second-order valence-electron chi connectivity index (χ2n) is 15.0. The van der Waals surface area contributed by atoms with Gasteiger partial charge in [-0.3, -0.25) is 0 Å². The molecule has 11 rings (SSSR count). The van der Waals surface area contributed by atoms with E-state index in [2.05, 4.69) is 217 Å². The van der Waals surface area contributed by atoms with Crippen molar-refractivity contribution in [2.75, 3.05) is 4.90 Å². The smallest absolute Gasteiger partial charge is 0.136 e. The molecule has 2 nitrogen and oxygen atoms in total. The van der Waals surface area contributed by atoms with E-state index in [1.54, 1.807) is 0 Å². The van der Waals surface area contributed by atoms with Gasteiger partial charge in [0.05, 0.1) is 0 Å². The summed E-state index contributed by atoms with van der Waals surface area (Å²) in [5.74, 6) is 0.862. The maximum absolute atomic E-state index is 6.46. The lowest BCUT2D eigenvalue weighted by atomic mass is 9.93. The topological polar surface area (TPSA) is 16.4 Å². The van der Waals surface area contributed by atoms with Gasteiger partial charge in [-0.2, -0.15) is 0 Å². The Morgan fingerprint density at radius 1 is 0.276 bits per heavy atom. The van der Waals surface area contributed by atoms with E-state index in [-0.39, 0.29) is 0 Å². The summed E-state index contributed by atoms with van der Waals surface area (Å²) >= 11 is 0. The van der Waals surface area contributed by atoms with Crippen LogP contribution in [0.4, 0.5) is 17.1 Å². The molecule has 0 saturated heterocycles. The predicted octanol–water partition coefficient (Wildman–Crippen LogP) is 16.0. The van der Waals surface area contributed by atoms with Crippen molar-refractivity contribution in [3.63, 3.8) is 0 Å². The van der Waals surface area contributed by atoms with Crippen LogP contribution in [0.5, 0.6) is 0 Å². The molecule has 0 unspecified atom stereocenters. The summed E-state index contributed by atoms with van der Waals surface area (Å²) in [5.41, 5.74) is 12.2. The summed E-state index contributed by atoms with van der Waals surface area (Å²) < 4.78 is 6.46. The molecule has 0 N–H and O–H groups in total. The highest BCUT2D eigenvalue weighted by molar-refractivity contribution is 6.08. The summed E-state index contributed by atoms with van der Waals surface area (Å²) in [6.07, 6.45) is 0. The van der Waals surface area contributed by atoms with E-state index in [1.807, 2.05) is 12.1 Å². The summed E-state index contributed by atoms with van der Waals surface area (Å²) in [6.45, 7) is 0. The Balaban J connectivity index is 1.00. The van der Waals surface area contributed by atoms with E-state index >= 15 is 0 Å². The SMILES string of the molecule is c1ccc(-c2ccc(-c3ccc(N(c4ccc(-c5ccc6ccccc6c5)cc4)c4ccc5c(ccc6ccccc65)c4)cc3)cc2-c2cc3ccccc3o2)cc1. The number of hydrogen-bond acceptors (Lipinski definition) is 2. The molecule has 0 radical (unpaired) electrons. The Morgan fingerprint density at radius 2 is 0.828 bits per heavy atom. The van der Waals surface area contributed by atoms with E-state index in [0.29, 0.717) is 0 Å². The van der Waals surface area contributed by atoms with Crippen molar-refractivity contribution in [1.29, 1.82) is 0 Å². The predicted molar refractivity (Wildman–Crippen MR) is 245 cm³/mol. The first-order chi connectivity index (χ1) is 28.7. The van der Waals surface area contributed by atoms with Crippen molar-refractivity contribution in [2.24, 2.45) is 0 Å². The Kier molecular flexibility index (Phi) is 8.19. The minimum absolute atomic E-state index is 0.862. The van der Waals surface area contributed by atoms with Crippen LogP contribution in [0.2, 0.25) is 0 Å². The van der Waals surface area contributed by atoms with Crippen LogP contribution in [0.1, 0.15) is 0 Å². The first kappa shape index (κ1) is 33.6. The number of rotatable bonds is 7. The molecule has 0 amide bonds. The number of fused-ring (bicyclic) bond motifs is 5. The molecule has 58 heavy (non-hydrogen) atoms. The Hall–Kier alpha value is -7.68. The lowest BCUT2D eigenvalue weighted by Gasteiger charge is -2.26. The number of benzene rings is 10. The van der Waals surface area contributed by atoms with Crippen molar-refractivity contribution >= 4 is 60.3 Å². The third-order valence-corrected chi connectivity index (χ3v) is 11.4. The van der Waals surface area contributed by atoms with Gasteiger partial charge in [0.25, 0.3) is 0 Å². The van der Waals surface area contributed by atoms with Crippen LogP contribution < -0.4 is 4.90 Å². The molecule has 0 saturated carbocycles. The highest BCUT2D eigenvalue weighted by Crippen LogP contribution is 2.41. The molecule has 0 bridgehead atoms. The van der Waals surface area contributed by atoms with Gasteiger partial charge in [-0.1, -0.05) is 164 Å². The monoisotopic (exact) mass is 739 g/mol. The molecule has 1 heterocycles. The Labute approximate surface area is 337 Å². The first-order valence-electron chi connectivity index (χ1n) is 19.8. The van der Waals surface area contributed by atoms with Gasteiger partial charge in [-0.25, -0.2) is 0 Å². The van der Waals surface area contributed by atoms with Crippen LogP contribution in [0.25, 0.3) is 88.0 Å². The van der Waals surface area contributed by atoms with E-state index in [0.717, 1.165) is 61.6 Å². The molecular formula is C56H37NO. The molecule has 1 aromatic heterocycles. The molecule has 0 aliphatic rings. The third kappa shape index (κ3) is 6.09. The van der Waals surface area contributed by atoms with Gasteiger partial charge >= 0.3 is 0 Å². The molecular weight excluding hydrogens is 703 g/mol. The number of anilines is 3. The van der Waals surface area contributed by atoms with Crippen molar-refractivity contribution in [3.05, 3.63) is 224 Å². The van der Waals surface area contributed by atoms with Crippen LogP contribution in [0.15, 0.2) is 229 Å². The largest absolute Gasteiger partial charge is 0.456 e. The fraction of sp³-hybridized carbons (Fsp3) is 0. The molecule has 0 aliphatic carbocycles. The fourth-order valence-electron chi connectivity index (χ4n) is 8.47. The van der Waals surface area contributed by atoms with Crippen molar-refractivity contribution in [1.82, 2.24) is 0 Å². The quantitative estimate of drug-likeness (QED) is 0.151. The second kappa shape index (κ2) is 14.1. The van der Waals surface area contributed by atoms with Gasteiger partial charge in [0.1, 0.15) is 11.3 Å². The normalized spacial score (nSPS) is 11.4. The second-order valence-corrected chi connectivity index (χ2v) is 15.0. The van der Waals surface area contributed by atoms with Crippen molar-refractivity contribution in [3.8, 4) is 44.7 Å². The van der Waals surface area contributed by atoms with Gasteiger partial charge < -0.3 is 9.32 Å². The van der Waals surface area contributed by atoms with Crippen LogP contribution >= 0.6 is 0 Å². The van der Waals surface area contributed by atoms with E-state index in [9.17, 15) is 0 Å². The number of para-hydroxylation sites is 1. The highest BCUT2D eigenvalue weighted by atomic mass is 16.3. The average Bonchev–Trinajstić information content (AvgIpc) is 3.74. The molecule has 0 aliphatic heterocycles. The van der Waals surface area contributed by atoms with E-state index < -0.39 is 0 Å². The van der Waals surface area contributed by atoms with E-state index in [1.165, 1.54) is 43.4 Å². The van der Waals surface area contributed by atoms with Crippen molar-refractivity contribution in [2.45, 2.75) is 0 Å². The number of furan rings is 1. The summed E-state index contributed by atoms with van der Waals surface area (Å²) in [4.78, 5) is 2.36. The minimum Gasteiger partial charge on any atom is -0.456 e. The molecule has 0 spiro atoms. The molecule has 0 atom stereocenters. The lowest BCUT2D eigenvalue weighted by molar-refractivity contribution is 0.632. The molecule has 11 aromatic rings. The maximum Gasteiger partial charge on any atom is 0.136 e. The molecule has 0 fully saturated rings. The first-order valence-corrected chi connectivity index (χ1v) is 19.8. The van der Waals surface area contributed by atoms with Gasteiger partial charge in [0.2, 0.25) is 0 Å². The van der Waals surface area contributed by atoms with Gasteiger partial charge in [-0.05, 0) is 126 Å². The molecule has 2 heteroatoms. The third-order valence-electron chi connectivity index (χ3n) is 11.4. The van der Waals surface area contributed by atoms with Crippen molar-refractivity contribution < 1.29 is 4.42 Å². The Bertz CT molecular complexity index is 3240. The molecule has 10 aromatic carbocycles. The standard InChI is InChI=1S/C56H37NO/c1-2-11-41(12-3-1)52-32-26-45(36-54(52)56-37-47-15-7-9-17-55(47)58-56)40-24-29-49(30-25-40)57(50-31-33-53-46(35-50)21-19-42-13-6-8-16-51(42)53)48-27-22-39(23-28-48)44-20-18-38-10-4-5-14-43(38)34-44/h1-37H. The van der Waals surface area contributed by atoms with E-state index in [4.69, 9.17) is 4.42 Å². The van der Waals surface area contributed by atoms with Crippen LogP contribution in [0.3, 0.4) is 0 Å².